The highest BCUT2D eigenvalue weighted by molar-refractivity contribution is 5.89. The summed E-state index contributed by atoms with van der Waals surface area (Å²) in [5.74, 6) is -0.444. The van der Waals surface area contributed by atoms with Crippen LogP contribution < -0.4 is 0 Å². The molecule has 5 nitrogen and oxygen atoms in total. The summed E-state index contributed by atoms with van der Waals surface area (Å²) in [6.07, 6.45) is 0. The van der Waals surface area contributed by atoms with Gasteiger partial charge in [-0.3, -0.25) is 0 Å². The number of hydrogen-bond donors (Lipinski definition) is 2. The quantitative estimate of drug-likeness (QED) is 0.576. The van der Waals surface area contributed by atoms with Gasteiger partial charge in [0.05, 0.1) is 19.2 Å². The summed E-state index contributed by atoms with van der Waals surface area (Å²) in [6, 6.07) is 4.33. The molecule has 0 atom stereocenters. The molecule has 82 valence electrons. The summed E-state index contributed by atoms with van der Waals surface area (Å²) in [5, 5.41) is 19.4. The van der Waals surface area contributed by atoms with E-state index in [0.29, 0.717) is 11.1 Å². The molecule has 0 aliphatic rings. The van der Waals surface area contributed by atoms with Crippen LogP contribution in [0.3, 0.4) is 0 Å². The first kappa shape index (κ1) is 11.5. The second kappa shape index (κ2) is 4.77. The lowest BCUT2D eigenvalue weighted by Gasteiger charge is -2.10. The maximum Gasteiger partial charge on any atom is 0.337 e. The van der Waals surface area contributed by atoms with Gasteiger partial charge in [0.25, 0.3) is 0 Å². The summed E-state index contributed by atoms with van der Waals surface area (Å²) in [4.78, 5) is 11.2. The predicted octanol–water partition coefficient (Wildman–Crippen LogP) is 1.000. The number of nitrogens with zero attached hydrogens (tertiary/aromatic N) is 1. The van der Waals surface area contributed by atoms with Gasteiger partial charge in [-0.25, -0.2) is 4.79 Å². The van der Waals surface area contributed by atoms with Crippen molar-refractivity contribution in [3.63, 3.8) is 0 Å². The van der Waals surface area contributed by atoms with E-state index in [1.165, 1.54) is 32.4 Å². The van der Waals surface area contributed by atoms with E-state index in [0.717, 1.165) is 5.06 Å². The van der Waals surface area contributed by atoms with Gasteiger partial charge in [-0.15, -0.1) is 0 Å². The molecule has 0 fully saturated rings. The number of methoxy groups -OCH3 is 1. The summed E-state index contributed by atoms with van der Waals surface area (Å²) >= 11 is 0. The highest BCUT2D eigenvalue weighted by atomic mass is 16.5. The minimum Gasteiger partial charge on any atom is -0.508 e. The fourth-order valence-electron chi connectivity index (χ4n) is 1.20. The molecule has 5 heteroatoms. The van der Waals surface area contributed by atoms with Crippen molar-refractivity contribution in [3.05, 3.63) is 29.3 Å². The number of phenols is 1. The Balaban J connectivity index is 2.99. The SMILES string of the molecule is COC(=O)c1ccc(O)c(CN(C)O)c1. The van der Waals surface area contributed by atoms with Crippen molar-refractivity contribution in [2.75, 3.05) is 14.2 Å². The molecule has 2 N–H and O–H groups in total. The van der Waals surface area contributed by atoms with Crippen LogP contribution in [0.15, 0.2) is 18.2 Å². The lowest BCUT2D eigenvalue weighted by Crippen LogP contribution is -2.12. The Morgan fingerprint density at radius 2 is 2.20 bits per heavy atom. The molecule has 0 saturated carbocycles. The van der Waals surface area contributed by atoms with E-state index in [1.54, 1.807) is 0 Å². The molecule has 0 amide bonds. The van der Waals surface area contributed by atoms with E-state index in [2.05, 4.69) is 4.74 Å². The molecule has 0 radical (unpaired) electrons. The van der Waals surface area contributed by atoms with E-state index >= 15 is 0 Å². The number of aromatic hydroxyl groups is 1. The van der Waals surface area contributed by atoms with Gasteiger partial charge in [-0.1, -0.05) is 0 Å². The molecule has 0 aliphatic carbocycles. The van der Waals surface area contributed by atoms with Crippen LogP contribution >= 0.6 is 0 Å². The zero-order chi connectivity index (χ0) is 11.4. The number of ether oxygens (including phenoxy) is 1. The molecule has 1 rings (SSSR count). The minimum absolute atomic E-state index is 0.0311. The normalized spacial score (nSPS) is 10.4. The third-order valence-corrected chi connectivity index (χ3v) is 1.90. The molecule has 0 saturated heterocycles. The van der Waals surface area contributed by atoms with E-state index in [9.17, 15) is 9.90 Å². The van der Waals surface area contributed by atoms with E-state index in [1.807, 2.05) is 0 Å². The first-order valence-corrected chi connectivity index (χ1v) is 4.35. The van der Waals surface area contributed by atoms with Crippen molar-refractivity contribution >= 4 is 5.97 Å². The molecular weight excluding hydrogens is 198 g/mol. The highest BCUT2D eigenvalue weighted by Gasteiger charge is 2.10. The lowest BCUT2D eigenvalue weighted by molar-refractivity contribution is -0.0735. The average molecular weight is 211 g/mol. The lowest BCUT2D eigenvalue weighted by atomic mass is 10.1. The van der Waals surface area contributed by atoms with Crippen LogP contribution in [0.2, 0.25) is 0 Å². The third kappa shape index (κ3) is 2.93. The van der Waals surface area contributed by atoms with Gasteiger partial charge in [-0.2, -0.15) is 5.06 Å². The molecular formula is C10H13NO4. The summed E-state index contributed by atoms with van der Waals surface area (Å²) in [7, 11) is 2.73. The second-order valence-electron chi connectivity index (χ2n) is 3.15. The fraction of sp³-hybridized carbons (Fsp3) is 0.300. The van der Waals surface area contributed by atoms with Crippen LogP contribution in [0, 0.1) is 0 Å². The summed E-state index contributed by atoms with van der Waals surface area (Å²) in [5.41, 5.74) is 0.801. The molecule has 0 unspecified atom stereocenters. The number of carbonyl (C=O) groups excluding carboxylic acids is 1. The number of benzene rings is 1. The number of rotatable bonds is 3. The Labute approximate surface area is 87.5 Å². The van der Waals surface area contributed by atoms with Crippen molar-refractivity contribution in [2.24, 2.45) is 0 Å². The van der Waals surface area contributed by atoms with Gasteiger partial charge in [-0.05, 0) is 18.2 Å². The predicted molar refractivity (Wildman–Crippen MR) is 52.7 cm³/mol. The molecule has 0 aliphatic heterocycles. The maximum absolute atomic E-state index is 11.2. The van der Waals surface area contributed by atoms with Gasteiger partial charge < -0.3 is 15.1 Å². The van der Waals surface area contributed by atoms with Crippen molar-refractivity contribution < 1.29 is 19.8 Å². The van der Waals surface area contributed by atoms with Crippen molar-refractivity contribution in [2.45, 2.75) is 6.54 Å². The van der Waals surface area contributed by atoms with Crippen molar-refractivity contribution in [1.82, 2.24) is 5.06 Å². The molecule has 0 spiro atoms. The number of hydrogen-bond acceptors (Lipinski definition) is 5. The minimum atomic E-state index is -0.475. The topological polar surface area (TPSA) is 70.0 Å². The molecule has 0 aromatic heterocycles. The Bertz CT molecular complexity index is 362. The Kier molecular flexibility index (Phi) is 3.65. The first-order valence-electron chi connectivity index (χ1n) is 4.35. The van der Waals surface area contributed by atoms with Gasteiger partial charge in [0.15, 0.2) is 0 Å². The van der Waals surface area contributed by atoms with E-state index < -0.39 is 5.97 Å². The molecule has 0 heterocycles. The monoisotopic (exact) mass is 211 g/mol. The van der Waals surface area contributed by atoms with Gasteiger partial charge in [0.2, 0.25) is 0 Å². The smallest absolute Gasteiger partial charge is 0.337 e. The highest BCUT2D eigenvalue weighted by Crippen LogP contribution is 2.19. The van der Waals surface area contributed by atoms with E-state index in [4.69, 9.17) is 5.21 Å². The molecule has 0 bridgehead atoms. The molecule has 1 aromatic rings. The van der Waals surface area contributed by atoms with Gasteiger partial charge in [0, 0.05) is 12.6 Å². The second-order valence-corrected chi connectivity index (χ2v) is 3.15. The van der Waals surface area contributed by atoms with Crippen LogP contribution in [0.1, 0.15) is 15.9 Å². The number of esters is 1. The maximum atomic E-state index is 11.2. The third-order valence-electron chi connectivity index (χ3n) is 1.90. The largest absolute Gasteiger partial charge is 0.508 e. The Hall–Kier alpha value is -1.59. The number of phenolic OH excluding ortho intramolecular Hbond substituents is 1. The van der Waals surface area contributed by atoms with E-state index in [-0.39, 0.29) is 12.3 Å². The summed E-state index contributed by atoms with van der Waals surface area (Å²) < 4.78 is 4.54. The summed E-state index contributed by atoms with van der Waals surface area (Å²) in [6.45, 7) is 0.136. The molecule has 15 heavy (non-hydrogen) atoms. The van der Waals surface area contributed by atoms with Crippen LogP contribution in [0.5, 0.6) is 5.75 Å². The fourth-order valence-corrected chi connectivity index (χ4v) is 1.20. The van der Waals surface area contributed by atoms with Crippen LogP contribution in [-0.4, -0.2) is 35.5 Å². The van der Waals surface area contributed by atoms with Gasteiger partial charge >= 0.3 is 5.97 Å². The van der Waals surface area contributed by atoms with Gasteiger partial charge in [0.1, 0.15) is 5.75 Å². The zero-order valence-electron chi connectivity index (χ0n) is 8.60. The van der Waals surface area contributed by atoms with Crippen molar-refractivity contribution in [3.8, 4) is 5.75 Å². The van der Waals surface area contributed by atoms with Crippen LogP contribution in [0.4, 0.5) is 0 Å². The van der Waals surface area contributed by atoms with Crippen LogP contribution in [0.25, 0.3) is 0 Å². The number of carbonyl (C=O) groups is 1. The van der Waals surface area contributed by atoms with Crippen LogP contribution in [-0.2, 0) is 11.3 Å². The Morgan fingerprint density at radius 3 is 2.73 bits per heavy atom. The van der Waals surface area contributed by atoms with Crippen molar-refractivity contribution in [1.29, 1.82) is 0 Å². The zero-order valence-corrected chi connectivity index (χ0v) is 8.60. The first-order chi connectivity index (χ1) is 7.04. The average Bonchev–Trinajstić information content (AvgIpc) is 2.19. The Morgan fingerprint density at radius 1 is 1.53 bits per heavy atom. The standard InChI is InChI=1S/C10H13NO4/c1-11(14)6-8-5-7(10(13)15-2)3-4-9(8)12/h3-5,12,14H,6H2,1-2H3. The molecule has 1 aromatic carbocycles. The number of hydroxylamine groups is 2.